The van der Waals surface area contributed by atoms with Crippen LogP contribution in [0, 0.1) is 0 Å². The Labute approximate surface area is 812 Å². The van der Waals surface area contributed by atoms with Crippen molar-refractivity contribution in [3.8, 4) is 89.0 Å². The molecular weight excluding hydrogens is 1790 g/mol. The first kappa shape index (κ1) is 84.5. The van der Waals surface area contributed by atoms with E-state index in [1.807, 2.05) is 146 Å². The number of fused-ring (bicyclic) bond motifs is 14. The molecule has 0 radical (unpaired) electrons. The lowest BCUT2D eigenvalue weighted by Crippen LogP contribution is -2.00. The van der Waals surface area contributed by atoms with Crippen LogP contribution in [0.1, 0.15) is 0 Å². The van der Waals surface area contributed by atoms with Gasteiger partial charge in [0.15, 0.2) is 0 Å². The number of anilines is 2. The summed E-state index contributed by atoms with van der Waals surface area (Å²) in [6, 6.07) is 141. The van der Waals surface area contributed by atoms with Crippen molar-refractivity contribution in [1.82, 2.24) is 39.9 Å². The average Bonchev–Trinajstić information content (AvgIpc) is 0.716. The minimum Gasteiger partial charge on any atom is -0.399 e. The number of nitrogens with two attached hydrogens (primary N) is 2. The predicted molar refractivity (Wildman–Crippen MR) is 580 cm³/mol. The molecule has 0 bridgehead atoms. The summed E-state index contributed by atoms with van der Waals surface area (Å²) in [4.78, 5) is 43.2. The van der Waals surface area contributed by atoms with Gasteiger partial charge in [-0.3, -0.25) is 0 Å². The molecular formula is C120H74Cl4N10S2. The van der Waals surface area contributed by atoms with Gasteiger partial charge in [-0.1, -0.05) is 386 Å². The maximum Gasteiger partial charge on any atom is 0.110 e. The van der Waals surface area contributed by atoms with E-state index in [2.05, 4.69) is 292 Å². The molecule has 136 heavy (non-hydrogen) atoms. The molecule has 0 atom stereocenters. The number of halogens is 4. The van der Waals surface area contributed by atoms with Crippen LogP contribution in [0.3, 0.4) is 0 Å². The summed E-state index contributed by atoms with van der Waals surface area (Å²) in [6.45, 7) is 0. The molecule has 26 rings (SSSR count). The minimum atomic E-state index is 0.495. The number of hydrogen-bond acceptors (Lipinski definition) is 12. The highest BCUT2D eigenvalue weighted by Gasteiger charge is 2.28. The second kappa shape index (κ2) is 35.7. The number of aromatic nitrogens is 8. The monoisotopic (exact) mass is 1860 g/mol. The first-order chi connectivity index (χ1) is 66.8. The number of thiol groups is 2. The molecule has 10 nitrogen and oxygen atoms in total. The Morgan fingerprint density at radius 1 is 0.147 bits per heavy atom. The van der Waals surface area contributed by atoms with Crippen LogP contribution in [0.15, 0.2) is 422 Å². The molecule has 22 aromatic carbocycles. The van der Waals surface area contributed by atoms with Crippen LogP contribution in [-0.4, -0.2) is 39.9 Å². The Bertz CT molecular complexity index is 8240. The standard InChI is InChI=1S/C44H28N2.C28H20N4.C28H18N2S2.C20H8Cl4N2/c1-5-17-29(18-6-1)37-33-25-13-14-26-34(33)38(30-19-7-2-8-20-30)42-41(37)45-43-39(31-21-9-3-10-22-31)35-27-15-16-28-36(35)40(44(43)46-42)32-23-11-4-12-24-32;29-19-13-9-17(10-14-19)25-21-5-1-2-6-22(21)26(18-11-15-20(30)16-12-18)28-27(25)31-23-7-3-4-8-24(23)32-28;31-19-13-9-17(10-14-19)25-21-5-1-2-6-22(21)26(18-11-15-20(32)16-12-18)28-27(25)29-23-7-3-4-8-24(23)30-28;21-13-9-5-1-2-6-10(9)14(22)18-17(13)25-19-15(23)11-7-3-4-8-12(11)16(24)20(19)26-18/h1-28H;1-16H,29-30H2;1-16,31-32H;1-8H. The molecule has 0 unspecified atom stereocenters. The Balaban J connectivity index is 0.000000104. The first-order valence-corrected chi connectivity index (χ1v) is 46.8. The second-order valence-corrected chi connectivity index (χ2v) is 35.9. The fourth-order valence-corrected chi connectivity index (χ4v) is 20.6. The Morgan fingerprint density at radius 3 is 0.493 bits per heavy atom. The van der Waals surface area contributed by atoms with E-state index in [4.69, 9.17) is 97.7 Å². The Morgan fingerprint density at radius 2 is 0.294 bits per heavy atom. The zero-order chi connectivity index (χ0) is 91.8. The van der Waals surface area contributed by atoms with E-state index in [1.54, 1.807) is 0 Å². The Hall–Kier alpha value is -15.7. The van der Waals surface area contributed by atoms with E-state index in [1.165, 1.54) is 21.5 Å². The van der Waals surface area contributed by atoms with Crippen LogP contribution in [-0.2, 0) is 0 Å². The van der Waals surface area contributed by atoms with Gasteiger partial charge in [-0.25, -0.2) is 39.9 Å². The number of benzene rings is 22. The van der Waals surface area contributed by atoms with Crippen molar-refractivity contribution >= 4 is 236 Å². The first-order valence-electron chi connectivity index (χ1n) is 44.4. The summed E-state index contributed by atoms with van der Waals surface area (Å²) in [5.74, 6) is 0. The molecule has 0 aliphatic heterocycles. The predicted octanol–water partition coefficient (Wildman–Crippen LogP) is 33.7. The van der Waals surface area contributed by atoms with Crippen molar-refractivity contribution in [2.75, 3.05) is 11.5 Å². The maximum absolute atomic E-state index is 6.62. The molecule has 0 spiro atoms. The zero-order valence-corrected chi connectivity index (χ0v) is 77.2. The topological polar surface area (TPSA) is 155 Å². The molecule has 0 amide bonds. The fraction of sp³-hybridized carbons (Fsp3) is 0. The van der Waals surface area contributed by atoms with E-state index >= 15 is 0 Å². The molecule has 0 saturated carbocycles. The molecule has 0 aliphatic rings. The Kier molecular flexibility index (Phi) is 22.2. The van der Waals surface area contributed by atoms with Gasteiger partial charge < -0.3 is 11.5 Å². The SMILES string of the molecule is Clc1c2ccccc2c(Cl)c2nc3c(Cl)c4ccccc4c(Cl)c3nc12.Nc1ccc(-c2c3ccccc3c(-c3ccc(N)cc3)c3nc4ccccc4nc23)cc1.Sc1ccc(-c2c3ccccc3c(-c3ccc(S)cc3)c3nc4ccccc4nc23)cc1.c1ccc(-c2c3ccccc3c(-c3ccccc3)c3nc4c(-c5ccccc5)c5ccccc5c(-c5ccccc5)c4nc23)cc1. The van der Waals surface area contributed by atoms with Gasteiger partial charge in [0.2, 0.25) is 0 Å². The normalized spacial score (nSPS) is 11.5. The third-order valence-corrected chi connectivity index (χ3v) is 27.4. The van der Waals surface area contributed by atoms with Crippen molar-refractivity contribution < 1.29 is 0 Å². The summed E-state index contributed by atoms with van der Waals surface area (Å²) in [5, 5.41) is 14.5. The quantitative estimate of drug-likeness (QED) is 0.0656. The molecule has 16 heteroatoms. The van der Waals surface area contributed by atoms with Crippen molar-refractivity contribution in [3.05, 3.63) is 433 Å². The van der Waals surface area contributed by atoms with Gasteiger partial charge in [0.05, 0.1) is 86.3 Å². The highest BCUT2D eigenvalue weighted by atomic mass is 35.5. The lowest BCUT2D eigenvalue weighted by molar-refractivity contribution is 1.39. The highest BCUT2D eigenvalue weighted by Crippen LogP contribution is 2.51. The summed E-state index contributed by atoms with van der Waals surface area (Å²) in [7, 11) is 0. The van der Waals surface area contributed by atoms with Gasteiger partial charge in [0.1, 0.15) is 22.1 Å². The van der Waals surface area contributed by atoms with E-state index < -0.39 is 0 Å². The van der Waals surface area contributed by atoms with Crippen LogP contribution >= 0.6 is 71.7 Å². The van der Waals surface area contributed by atoms with Crippen LogP contribution < -0.4 is 11.5 Å². The lowest BCUT2D eigenvalue weighted by Gasteiger charge is -2.20. The molecule has 644 valence electrons. The molecule has 0 saturated heterocycles. The van der Waals surface area contributed by atoms with Gasteiger partial charge in [0, 0.05) is 87.2 Å². The molecule has 0 fully saturated rings. The minimum absolute atomic E-state index is 0.495. The van der Waals surface area contributed by atoms with Crippen molar-refractivity contribution in [1.29, 1.82) is 0 Å². The largest absolute Gasteiger partial charge is 0.399 e. The summed E-state index contributed by atoms with van der Waals surface area (Å²) < 4.78 is 0. The number of nitrogen functional groups attached to an aromatic ring is 2. The van der Waals surface area contributed by atoms with Crippen molar-refractivity contribution in [2.24, 2.45) is 0 Å². The number of rotatable bonds is 8. The van der Waals surface area contributed by atoms with Crippen molar-refractivity contribution in [3.63, 3.8) is 0 Å². The summed E-state index contributed by atoms with van der Waals surface area (Å²) in [5.41, 5.74) is 43.7. The molecule has 4 aromatic heterocycles. The highest BCUT2D eigenvalue weighted by molar-refractivity contribution is 7.80. The van der Waals surface area contributed by atoms with Gasteiger partial charge in [-0.2, -0.15) is 0 Å². The third-order valence-electron chi connectivity index (χ3n) is 25.3. The molecule has 4 N–H and O–H groups in total. The number of hydrogen-bond donors (Lipinski definition) is 4. The maximum atomic E-state index is 6.62. The van der Waals surface area contributed by atoms with E-state index in [0.29, 0.717) is 42.2 Å². The summed E-state index contributed by atoms with van der Waals surface area (Å²) in [6.07, 6.45) is 0. The lowest BCUT2D eigenvalue weighted by atomic mass is 9.87. The average molecular weight is 1860 g/mol. The number of nitrogens with zero attached hydrogens (tertiary/aromatic N) is 8. The van der Waals surface area contributed by atoms with Gasteiger partial charge >= 0.3 is 0 Å². The fourth-order valence-electron chi connectivity index (χ4n) is 19.1. The smallest absolute Gasteiger partial charge is 0.110 e. The van der Waals surface area contributed by atoms with Crippen LogP contribution in [0.25, 0.3) is 242 Å². The van der Waals surface area contributed by atoms with Crippen LogP contribution in [0.2, 0.25) is 20.1 Å². The summed E-state index contributed by atoms with van der Waals surface area (Å²) >= 11 is 35.4. The van der Waals surface area contributed by atoms with E-state index in [-0.39, 0.29) is 0 Å². The number of para-hydroxylation sites is 4. The zero-order valence-electron chi connectivity index (χ0n) is 72.4. The van der Waals surface area contributed by atoms with Crippen molar-refractivity contribution in [2.45, 2.75) is 9.79 Å². The van der Waals surface area contributed by atoms with Crippen LogP contribution in [0.5, 0.6) is 0 Å². The second-order valence-electron chi connectivity index (χ2n) is 33.4. The van der Waals surface area contributed by atoms with E-state index in [9.17, 15) is 0 Å². The van der Waals surface area contributed by atoms with Gasteiger partial charge in [-0.15, -0.1) is 25.3 Å². The third kappa shape index (κ3) is 15.1. The van der Waals surface area contributed by atoms with E-state index in [0.717, 1.165) is 219 Å². The van der Waals surface area contributed by atoms with Crippen LogP contribution in [0.4, 0.5) is 11.4 Å². The molecule has 26 aromatic rings. The van der Waals surface area contributed by atoms with Gasteiger partial charge in [0.25, 0.3) is 0 Å². The molecule has 0 aliphatic carbocycles. The molecule has 4 heterocycles. The van der Waals surface area contributed by atoms with Gasteiger partial charge in [-0.05, 0) is 160 Å².